The third-order valence-corrected chi connectivity index (χ3v) is 1.30. The molecule has 0 aliphatic carbocycles. The van der Waals surface area contributed by atoms with Crippen LogP contribution in [0.5, 0.6) is 0 Å². The van der Waals surface area contributed by atoms with E-state index in [0.29, 0.717) is 13.0 Å². The van der Waals surface area contributed by atoms with Crippen LogP contribution in [0.4, 0.5) is 0 Å². The van der Waals surface area contributed by atoms with Gasteiger partial charge in [-0.05, 0) is 6.42 Å². The van der Waals surface area contributed by atoms with Crippen LogP contribution in [0.2, 0.25) is 0 Å². The number of methoxy groups -OCH3 is 1. The van der Waals surface area contributed by atoms with Crippen LogP contribution in [0.1, 0.15) is 26.7 Å². The zero-order valence-corrected chi connectivity index (χ0v) is 6.89. The van der Waals surface area contributed by atoms with Gasteiger partial charge in [0.05, 0.1) is 6.61 Å². The van der Waals surface area contributed by atoms with E-state index in [9.17, 15) is 5.11 Å². The average Bonchev–Trinajstić information content (AvgIpc) is 2.00. The van der Waals surface area contributed by atoms with Crippen molar-refractivity contribution in [3.05, 3.63) is 0 Å². The molecule has 62 valence electrons. The zero-order chi connectivity index (χ0) is 8.04. The largest absolute Gasteiger partial charge is 0.343 e. The summed E-state index contributed by atoms with van der Waals surface area (Å²) in [6.07, 6.45) is 1.33. The quantitative estimate of drug-likeness (QED) is 0.594. The van der Waals surface area contributed by atoms with Gasteiger partial charge in [0, 0.05) is 13.5 Å². The van der Waals surface area contributed by atoms with Gasteiger partial charge < -0.3 is 14.6 Å². The maximum absolute atomic E-state index is 9.32. The van der Waals surface area contributed by atoms with Crippen molar-refractivity contribution in [2.75, 3.05) is 13.7 Å². The molecule has 0 amide bonds. The molecule has 0 aliphatic rings. The molecule has 0 radical (unpaired) electrons. The van der Waals surface area contributed by atoms with Crippen molar-refractivity contribution >= 4 is 0 Å². The maximum atomic E-state index is 9.32. The van der Waals surface area contributed by atoms with Gasteiger partial charge >= 0.3 is 0 Å². The average molecular weight is 148 g/mol. The number of aliphatic hydroxyl groups is 1. The predicted octanol–water partition coefficient (Wildman–Crippen LogP) is 1.12. The first-order valence-electron chi connectivity index (χ1n) is 3.60. The number of hydrogen-bond acceptors (Lipinski definition) is 3. The molecular weight excluding hydrogens is 132 g/mol. The lowest BCUT2D eigenvalue weighted by Crippen LogP contribution is -2.33. The minimum atomic E-state index is -1.37. The van der Waals surface area contributed by atoms with E-state index in [4.69, 9.17) is 9.47 Å². The predicted molar refractivity (Wildman–Crippen MR) is 38.5 cm³/mol. The van der Waals surface area contributed by atoms with Crippen LogP contribution in [-0.2, 0) is 9.47 Å². The molecule has 3 heteroatoms. The number of hydrogen-bond donors (Lipinski definition) is 1. The van der Waals surface area contributed by atoms with Gasteiger partial charge in [0.25, 0.3) is 5.97 Å². The van der Waals surface area contributed by atoms with Gasteiger partial charge in [-0.25, -0.2) is 0 Å². The third kappa shape index (κ3) is 3.15. The van der Waals surface area contributed by atoms with Crippen molar-refractivity contribution in [3.8, 4) is 0 Å². The second-order valence-corrected chi connectivity index (χ2v) is 2.12. The van der Waals surface area contributed by atoms with Gasteiger partial charge in [-0.15, -0.1) is 0 Å². The molecule has 0 bridgehead atoms. The SMILES string of the molecule is CCCOC(O)(CC)OC. The van der Waals surface area contributed by atoms with Crippen molar-refractivity contribution in [1.29, 1.82) is 0 Å². The van der Waals surface area contributed by atoms with Crippen LogP contribution in [0.3, 0.4) is 0 Å². The van der Waals surface area contributed by atoms with E-state index < -0.39 is 5.97 Å². The summed E-state index contributed by atoms with van der Waals surface area (Å²) in [6, 6.07) is 0. The molecule has 0 saturated heterocycles. The Morgan fingerprint density at radius 2 is 2.00 bits per heavy atom. The molecule has 0 aromatic rings. The fraction of sp³-hybridized carbons (Fsp3) is 1.00. The van der Waals surface area contributed by atoms with Gasteiger partial charge in [-0.1, -0.05) is 13.8 Å². The van der Waals surface area contributed by atoms with Crippen LogP contribution in [0.25, 0.3) is 0 Å². The van der Waals surface area contributed by atoms with E-state index in [1.165, 1.54) is 7.11 Å². The summed E-state index contributed by atoms with van der Waals surface area (Å²) >= 11 is 0. The third-order valence-electron chi connectivity index (χ3n) is 1.30. The summed E-state index contributed by atoms with van der Waals surface area (Å²) in [5.74, 6) is -1.37. The second-order valence-electron chi connectivity index (χ2n) is 2.12. The summed E-state index contributed by atoms with van der Waals surface area (Å²) in [5, 5.41) is 9.32. The molecule has 0 aliphatic heterocycles. The fourth-order valence-corrected chi connectivity index (χ4v) is 0.567. The Labute approximate surface area is 62.0 Å². The summed E-state index contributed by atoms with van der Waals surface area (Å²) < 4.78 is 9.73. The molecule has 0 spiro atoms. The topological polar surface area (TPSA) is 38.7 Å². The Hall–Kier alpha value is -0.120. The van der Waals surface area contributed by atoms with Crippen LogP contribution in [0.15, 0.2) is 0 Å². The van der Waals surface area contributed by atoms with Crippen molar-refractivity contribution in [2.24, 2.45) is 0 Å². The summed E-state index contributed by atoms with van der Waals surface area (Å²) in [5.41, 5.74) is 0. The Bertz CT molecular complexity index is 78.9. The first kappa shape index (κ1) is 9.88. The number of rotatable bonds is 5. The Morgan fingerprint density at radius 1 is 1.40 bits per heavy atom. The van der Waals surface area contributed by atoms with Crippen molar-refractivity contribution in [2.45, 2.75) is 32.7 Å². The van der Waals surface area contributed by atoms with Crippen molar-refractivity contribution < 1.29 is 14.6 Å². The molecule has 3 nitrogen and oxygen atoms in total. The molecule has 0 saturated carbocycles. The first-order chi connectivity index (χ1) is 4.68. The molecule has 0 fully saturated rings. The van der Waals surface area contributed by atoms with E-state index in [2.05, 4.69) is 0 Å². The lowest BCUT2D eigenvalue weighted by molar-refractivity contribution is -0.351. The normalized spacial score (nSPS) is 16.8. The van der Waals surface area contributed by atoms with E-state index in [-0.39, 0.29) is 0 Å². The molecule has 10 heavy (non-hydrogen) atoms. The smallest absolute Gasteiger partial charge is 0.279 e. The van der Waals surface area contributed by atoms with Gasteiger partial charge in [-0.3, -0.25) is 0 Å². The summed E-state index contributed by atoms with van der Waals surface area (Å²) in [7, 11) is 1.43. The van der Waals surface area contributed by atoms with Gasteiger partial charge in [-0.2, -0.15) is 0 Å². The maximum Gasteiger partial charge on any atom is 0.279 e. The van der Waals surface area contributed by atoms with Gasteiger partial charge in [0.2, 0.25) is 0 Å². The molecule has 1 atom stereocenters. The molecule has 0 heterocycles. The van der Waals surface area contributed by atoms with E-state index in [0.717, 1.165) is 6.42 Å². The van der Waals surface area contributed by atoms with Crippen molar-refractivity contribution in [3.63, 3.8) is 0 Å². The van der Waals surface area contributed by atoms with Crippen LogP contribution < -0.4 is 0 Å². The van der Waals surface area contributed by atoms with Gasteiger partial charge in [0.15, 0.2) is 0 Å². The van der Waals surface area contributed by atoms with E-state index >= 15 is 0 Å². The fourth-order valence-electron chi connectivity index (χ4n) is 0.567. The minimum Gasteiger partial charge on any atom is -0.343 e. The lowest BCUT2D eigenvalue weighted by atomic mass is 10.4. The highest BCUT2D eigenvalue weighted by Gasteiger charge is 2.23. The summed E-state index contributed by atoms with van der Waals surface area (Å²) in [4.78, 5) is 0. The monoisotopic (exact) mass is 148 g/mol. The first-order valence-corrected chi connectivity index (χ1v) is 3.60. The highest BCUT2D eigenvalue weighted by Crippen LogP contribution is 2.11. The highest BCUT2D eigenvalue weighted by molar-refractivity contribution is 4.47. The standard InChI is InChI=1S/C7H16O3/c1-4-6-10-7(8,5-2)9-3/h8H,4-6H2,1-3H3. The second kappa shape index (κ2) is 4.66. The molecular formula is C7H16O3. The Morgan fingerprint density at radius 3 is 2.30 bits per heavy atom. The van der Waals surface area contributed by atoms with E-state index in [1.54, 1.807) is 6.92 Å². The van der Waals surface area contributed by atoms with Crippen LogP contribution in [-0.4, -0.2) is 24.8 Å². The molecule has 1 unspecified atom stereocenters. The van der Waals surface area contributed by atoms with Gasteiger partial charge in [0.1, 0.15) is 0 Å². The molecule has 1 N–H and O–H groups in total. The minimum absolute atomic E-state index is 0.448. The Balaban J connectivity index is 3.58. The number of ether oxygens (including phenoxy) is 2. The zero-order valence-electron chi connectivity index (χ0n) is 6.89. The lowest BCUT2D eigenvalue weighted by Gasteiger charge is -2.24. The van der Waals surface area contributed by atoms with Crippen LogP contribution in [0, 0.1) is 0 Å². The molecule has 0 aromatic heterocycles. The van der Waals surface area contributed by atoms with Crippen LogP contribution >= 0.6 is 0 Å². The molecule has 0 rings (SSSR count). The van der Waals surface area contributed by atoms with Crippen molar-refractivity contribution in [1.82, 2.24) is 0 Å². The summed E-state index contributed by atoms with van der Waals surface area (Å²) in [6.45, 7) is 4.31. The Kier molecular flexibility index (Phi) is 4.60. The highest BCUT2D eigenvalue weighted by atomic mass is 16.8. The van der Waals surface area contributed by atoms with E-state index in [1.807, 2.05) is 6.92 Å². The molecule has 0 aromatic carbocycles.